The number of carbonyl (C=O) groups is 2. The number of ether oxygens (including phenoxy) is 1. The van der Waals surface area contributed by atoms with Crippen molar-refractivity contribution in [1.82, 2.24) is 15.3 Å². The van der Waals surface area contributed by atoms with Crippen molar-refractivity contribution in [1.29, 1.82) is 0 Å². The monoisotopic (exact) mass is 406 g/mol. The summed E-state index contributed by atoms with van der Waals surface area (Å²) in [6.45, 7) is 1.50. The predicted octanol–water partition coefficient (Wildman–Crippen LogP) is 3.43. The summed E-state index contributed by atoms with van der Waals surface area (Å²) in [6.07, 6.45) is 5.33. The number of aromatic amines is 1. The second-order valence-corrected chi connectivity index (χ2v) is 7.42. The van der Waals surface area contributed by atoms with Crippen LogP contribution in [0.5, 0.6) is 0 Å². The molecule has 1 aliphatic heterocycles. The van der Waals surface area contributed by atoms with Crippen LogP contribution in [0.2, 0.25) is 0 Å². The second-order valence-electron chi connectivity index (χ2n) is 6.39. The highest BCUT2D eigenvalue weighted by molar-refractivity contribution is 8.18. The number of amides is 1. The first-order valence-electron chi connectivity index (χ1n) is 8.99. The van der Waals surface area contributed by atoms with Gasteiger partial charge in [-0.15, -0.1) is 0 Å². The van der Waals surface area contributed by atoms with E-state index in [0.29, 0.717) is 10.1 Å². The average Bonchev–Trinajstić information content (AvgIpc) is 3.29. The fraction of sp³-hybridized carbons (Fsp3) is 0.143. The molecule has 0 unspecified atom stereocenters. The number of pyridine rings is 1. The van der Waals surface area contributed by atoms with Gasteiger partial charge in [-0.3, -0.25) is 9.59 Å². The Morgan fingerprint density at radius 1 is 1.28 bits per heavy atom. The maximum absolute atomic E-state index is 12.4. The van der Waals surface area contributed by atoms with Gasteiger partial charge in [-0.25, -0.2) is 4.98 Å². The lowest BCUT2D eigenvalue weighted by atomic mass is 10.1. The number of aromatic nitrogens is 2. The third kappa shape index (κ3) is 4.38. The van der Waals surface area contributed by atoms with Gasteiger partial charge in [-0.05, 0) is 35.5 Å². The van der Waals surface area contributed by atoms with Gasteiger partial charge in [-0.1, -0.05) is 30.3 Å². The molecule has 0 fully saturated rings. The number of hydrogen-bond acceptors (Lipinski definition) is 6. The maximum atomic E-state index is 12.4. The second kappa shape index (κ2) is 8.32. The number of benzene rings is 1. The minimum Gasteiger partial charge on any atom is -0.463 e. The van der Waals surface area contributed by atoms with E-state index in [2.05, 4.69) is 20.3 Å². The molecule has 0 saturated heterocycles. The number of rotatable bonds is 5. The standard InChI is InChI=1S/C21H18N4O3S/c1-13(26)28-12-17(14-6-3-2-4-7-14)24-21-25-20(27)18(29-21)10-15-11-23-19-16(15)8-5-9-22-19/h2-11,17H,12H2,1H3,(H,22,23)(H,24,25,27)/b18-10-/t17-/m0/s1. The molecule has 1 aromatic carbocycles. The fourth-order valence-corrected chi connectivity index (χ4v) is 3.82. The van der Waals surface area contributed by atoms with Gasteiger partial charge in [0.15, 0.2) is 5.17 Å². The van der Waals surface area contributed by atoms with Crippen LogP contribution in [0.3, 0.4) is 0 Å². The van der Waals surface area contributed by atoms with Crippen LogP contribution in [0.15, 0.2) is 64.8 Å². The van der Waals surface area contributed by atoms with Crippen molar-refractivity contribution in [3.63, 3.8) is 0 Å². The van der Waals surface area contributed by atoms with E-state index in [9.17, 15) is 9.59 Å². The highest BCUT2D eigenvalue weighted by Gasteiger charge is 2.25. The quantitative estimate of drug-likeness (QED) is 0.498. The molecule has 8 heteroatoms. The van der Waals surface area contributed by atoms with Gasteiger partial charge < -0.3 is 15.0 Å². The number of esters is 1. The summed E-state index contributed by atoms with van der Waals surface area (Å²) < 4.78 is 5.18. The van der Waals surface area contributed by atoms with E-state index in [1.54, 1.807) is 12.3 Å². The molecule has 0 bridgehead atoms. The van der Waals surface area contributed by atoms with Crippen LogP contribution in [0.4, 0.5) is 0 Å². The van der Waals surface area contributed by atoms with E-state index in [1.807, 2.05) is 48.7 Å². The van der Waals surface area contributed by atoms with Crippen LogP contribution in [0.1, 0.15) is 24.1 Å². The lowest BCUT2D eigenvalue weighted by Crippen LogP contribution is -2.29. The maximum Gasteiger partial charge on any atom is 0.302 e. The van der Waals surface area contributed by atoms with Crippen LogP contribution in [0, 0.1) is 0 Å². The van der Waals surface area contributed by atoms with Crippen molar-refractivity contribution in [2.45, 2.75) is 13.0 Å². The molecule has 146 valence electrons. The Bertz CT molecular complexity index is 1120. The minimum atomic E-state index is -0.363. The van der Waals surface area contributed by atoms with Crippen LogP contribution in [-0.4, -0.2) is 33.6 Å². The lowest BCUT2D eigenvalue weighted by molar-refractivity contribution is -0.141. The van der Waals surface area contributed by atoms with Crippen LogP contribution in [-0.2, 0) is 14.3 Å². The molecule has 2 N–H and O–H groups in total. The summed E-state index contributed by atoms with van der Waals surface area (Å²) >= 11 is 1.26. The molecule has 0 spiro atoms. The Labute approximate surface area is 171 Å². The number of nitrogens with one attached hydrogen (secondary N) is 2. The van der Waals surface area contributed by atoms with Crippen LogP contribution < -0.4 is 5.32 Å². The lowest BCUT2D eigenvalue weighted by Gasteiger charge is -2.19. The Morgan fingerprint density at radius 3 is 2.90 bits per heavy atom. The zero-order chi connectivity index (χ0) is 20.2. The van der Waals surface area contributed by atoms with E-state index in [1.165, 1.54) is 18.7 Å². The molecule has 0 radical (unpaired) electrons. The Kier molecular flexibility index (Phi) is 5.44. The largest absolute Gasteiger partial charge is 0.463 e. The molecule has 0 aliphatic carbocycles. The molecule has 29 heavy (non-hydrogen) atoms. The van der Waals surface area contributed by atoms with E-state index in [0.717, 1.165) is 22.2 Å². The Balaban J connectivity index is 1.52. The van der Waals surface area contributed by atoms with E-state index in [4.69, 9.17) is 4.74 Å². The summed E-state index contributed by atoms with van der Waals surface area (Å²) in [6, 6.07) is 13.1. The van der Waals surface area contributed by atoms with Gasteiger partial charge in [0.05, 0.1) is 10.9 Å². The molecule has 1 atom stereocenters. The van der Waals surface area contributed by atoms with Gasteiger partial charge in [-0.2, -0.15) is 4.99 Å². The zero-order valence-electron chi connectivity index (χ0n) is 15.6. The zero-order valence-corrected chi connectivity index (χ0v) is 16.4. The molecule has 1 aliphatic rings. The number of amidine groups is 1. The molecular weight excluding hydrogens is 388 g/mol. The smallest absolute Gasteiger partial charge is 0.302 e. The number of nitrogens with zero attached hydrogens (tertiary/aromatic N) is 2. The first-order chi connectivity index (χ1) is 14.1. The number of thioether (sulfide) groups is 1. The van der Waals surface area contributed by atoms with Crippen molar-refractivity contribution in [3.8, 4) is 0 Å². The number of fused-ring (bicyclic) bond motifs is 1. The van der Waals surface area contributed by atoms with Crippen LogP contribution in [0.25, 0.3) is 17.1 Å². The fourth-order valence-electron chi connectivity index (χ4n) is 2.96. The van der Waals surface area contributed by atoms with Gasteiger partial charge in [0.2, 0.25) is 0 Å². The first-order valence-corrected chi connectivity index (χ1v) is 9.81. The van der Waals surface area contributed by atoms with Crippen molar-refractivity contribution in [2.75, 3.05) is 6.61 Å². The number of H-pyrrole nitrogens is 1. The number of hydrogen-bond donors (Lipinski definition) is 2. The molecular formula is C21H18N4O3S. The summed E-state index contributed by atoms with van der Waals surface area (Å²) in [5.41, 5.74) is 2.57. The van der Waals surface area contributed by atoms with Crippen LogP contribution >= 0.6 is 11.8 Å². The Hall–Kier alpha value is -3.39. The third-order valence-electron chi connectivity index (χ3n) is 4.34. The molecule has 3 aromatic rings. The molecule has 1 amide bonds. The van der Waals surface area contributed by atoms with Gasteiger partial charge in [0, 0.05) is 30.3 Å². The minimum absolute atomic E-state index is 0.139. The first kappa shape index (κ1) is 18.9. The Morgan fingerprint density at radius 2 is 2.10 bits per heavy atom. The number of aliphatic imine (C=N–C) groups is 1. The summed E-state index contributed by atoms with van der Waals surface area (Å²) in [5.74, 6) is -0.673. The van der Waals surface area contributed by atoms with Crippen molar-refractivity contribution >= 4 is 45.9 Å². The summed E-state index contributed by atoms with van der Waals surface area (Å²) in [5, 5.41) is 4.63. The topological polar surface area (TPSA) is 96.4 Å². The molecule has 7 nitrogen and oxygen atoms in total. The van der Waals surface area contributed by atoms with Gasteiger partial charge in [0.1, 0.15) is 12.3 Å². The van der Waals surface area contributed by atoms with E-state index < -0.39 is 0 Å². The molecule has 3 heterocycles. The van der Waals surface area contributed by atoms with Crippen molar-refractivity contribution in [3.05, 3.63) is 70.9 Å². The third-order valence-corrected chi connectivity index (χ3v) is 5.26. The number of carbonyl (C=O) groups excluding carboxylic acids is 2. The summed E-state index contributed by atoms with van der Waals surface area (Å²) in [4.78, 5) is 35.6. The SMILES string of the molecule is CC(=O)OC[C@H](NC1=NC(=O)/C(=C/c2c[nH]c3ncccc23)S1)c1ccccc1. The average molecular weight is 406 g/mol. The highest BCUT2D eigenvalue weighted by atomic mass is 32.2. The summed E-state index contributed by atoms with van der Waals surface area (Å²) in [7, 11) is 0. The van der Waals surface area contributed by atoms with E-state index in [-0.39, 0.29) is 24.5 Å². The highest BCUT2D eigenvalue weighted by Crippen LogP contribution is 2.30. The molecule has 4 rings (SSSR count). The van der Waals surface area contributed by atoms with Gasteiger partial charge >= 0.3 is 5.97 Å². The predicted molar refractivity (Wildman–Crippen MR) is 113 cm³/mol. The van der Waals surface area contributed by atoms with Crippen molar-refractivity contribution < 1.29 is 14.3 Å². The molecule has 0 saturated carbocycles. The normalized spacial score (nSPS) is 16.1. The molecule has 2 aromatic heterocycles. The van der Waals surface area contributed by atoms with E-state index >= 15 is 0 Å². The van der Waals surface area contributed by atoms with Gasteiger partial charge in [0.25, 0.3) is 5.91 Å². The van der Waals surface area contributed by atoms with Crippen molar-refractivity contribution in [2.24, 2.45) is 4.99 Å².